The fourth-order valence-corrected chi connectivity index (χ4v) is 1.71. The highest BCUT2D eigenvalue weighted by Gasteiger charge is 2.19. The van der Waals surface area contributed by atoms with Gasteiger partial charge < -0.3 is 0 Å². The van der Waals surface area contributed by atoms with Crippen molar-refractivity contribution in [3.8, 4) is 0 Å². The Morgan fingerprint density at radius 1 is 1.47 bits per heavy atom. The van der Waals surface area contributed by atoms with Crippen LogP contribution in [0.5, 0.6) is 0 Å². The molecule has 0 spiro atoms. The molecule has 0 aliphatic carbocycles. The fourth-order valence-electron chi connectivity index (χ4n) is 1.32. The highest BCUT2D eigenvalue weighted by atomic mass is 35.5. The molecule has 0 heterocycles. The smallest absolute Gasteiger partial charge is 0.216 e. The molecule has 0 fully saturated rings. The Labute approximate surface area is 98.2 Å². The first-order valence-electron chi connectivity index (χ1n) is 4.62. The molecule has 0 aliphatic rings. The Hall–Kier alpha value is -0.800. The van der Waals surface area contributed by atoms with Crippen LogP contribution in [0.25, 0.3) is 0 Å². The molecule has 15 heavy (non-hydrogen) atoms. The van der Waals surface area contributed by atoms with Crippen LogP contribution in [-0.2, 0) is 6.42 Å². The lowest BCUT2D eigenvalue weighted by atomic mass is 10.0. The number of hydrogen-bond acceptors (Lipinski definition) is 2. The van der Waals surface area contributed by atoms with Crippen LogP contribution in [0.3, 0.4) is 0 Å². The molecule has 0 bridgehead atoms. The first-order valence-corrected chi connectivity index (χ1v) is 5.37. The van der Waals surface area contributed by atoms with Gasteiger partial charge in [-0.3, -0.25) is 10.1 Å². The molecule has 0 saturated heterocycles. The van der Waals surface area contributed by atoms with Gasteiger partial charge in [0.2, 0.25) is 6.04 Å². The molecule has 3 nitrogen and oxygen atoms in total. The van der Waals surface area contributed by atoms with Crippen LogP contribution < -0.4 is 0 Å². The van der Waals surface area contributed by atoms with Gasteiger partial charge in [0.25, 0.3) is 0 Å². The maximum Gasteiger partial charge on any atom is 0.216 e. The number of halogens is 2. The molecule has 1 aromatic rings. The molecule has 1 aromatic carbocycles. The summed E-state index contributed by atoms with van der Waals surface area (Å²) in [5, 5.41) is 11.7. The summed E-state index contributed by atoms with van der Waals surface area (Å²) < 4.78 is 0. The predicted molar refractivity (Wildman–Crippen MR) is 61.2 cm³/mol. The van der Waals surface area contributed by atoms with Crippen LogP contribution in [0.1, 0.15) is 18.9 Å². The van der Waals surface area contributed by atoms with E-state index in [4.69, 9.17) is 23.2 Å². The largest absolute Gasteiger partial charge is 0.264 e. The van der Waals surface area contributed by atoms with E-state index in [9.17, 15) is 10.1 Å². The Bertz CT molecular complexity index is 368. The summed E-state index contributed by atoms with van der Waals surface area (Å²) in [6.45, 7) is 1.78. The summed E-state index contributed by atoms with van der Waals surface area (Å²) in [6.07, 6.45) is 0.804. The van der Waals surface area contributed by atoms with E-state index >= 15 is 0 Å². The Balaban J connectivity index is 2.87. The first kappa shape index (κ1) is 12.3. The van der Waals surface area contributed by atoms with Gasteiger partial charge in [-0.15, -0.1) is 0 Å². The second-order valence-corrected chi connectivity index (χ2v) is 4.13. The molecular weight excluding hydrogens is 237 g/mol. The summed E-state index contributed by atoms with van der Waals surface area (Å²) in [5.41, 5.74) is 0.729. The van der Waals surface area contributed by atoms with Gasteiger partial charge in [0.15, 0.2) is 0 Å². The minimum Gasteiger partial charge on any atom is -0.264 e. The second-order valence-electron chi connectivity index (χ2n) is 3.29. The van der Waals surface area contributed by atoms with Gasteiger partial charge in [-0.1, -0.05) is 30.1 Å². The van der Waals surface area contributed by atoms with Gasteiger partial charge in [-0.05, 0) is 23.8 Å². The molecule has 0 N–H and O–H groups in total. The van der Waals surface area contributed by atoms with Crippen molar-refractivity contribution in [1.29, 1.82) is 0 Å². The molecule has 1 unspecified atom stereocenters. The molecule has 0 aromatic heterocycles. The summed E-state index contributed by atoms with van der Waals surface area (Å²) in [6, 6.07) is 4.41. The van der Waals surface area contributed by atoms with Gasteiger partial charge in [0.1, 0.15) is 0 Å². The lowest BCUT2D eigenvalue weighted by Gasteiger charge is -2.08. The fraction of sp³-hybridized carbons (Fsp3) is 0.400. The zero-order valence-corrected chi connectivity index (χ0v) is 9.76. The Morgan fingerprint density at radius 3 is 2.67 bits per heavy atom. The number of hydrogen-bond donors (Lipinski definition) is 0. The molecule has 0 radical (unpaired) electrons. The van der Waals surface area contributed by atoms with Gasteiger partial charge in [0.05, 0.1) is 0 Å². The SMILES string of the molecule is CCC(Cc1cc(Cl)ccc1Cl)[N+](=O)[O-]. The van der Waals surface area contributed by atoms with Crippen LogP contribution in [0, 0.1) is 10.1 Å². The van der Waals surface area contributed by atoms with Gasteiger partial charge in [-0.25, -0.2) is 0 Å². The number of nitrogens with zero attached hydrogens (tertiary/aromatic N) is 1. The van der Waals surface area contributed by atoms with E-state index in [1.54, 1.807) is 25.1 Å². The van der Waals surface area contributed by atoms with Crippen molar-refractivity contribution >= 4 is 23.2 Å². The predicted octanol–water partition coefficient (Wildman–Crippen LogP) is 3.59. The Kier molecular flexibility index (Phi) is 4.36. The van der Waals surface area contributed by atoms with E-state index in [2.05, 4.69) is 0 Å². The minimum atomic E-state index is -0.596. The van der Waals surface area contributed by atoms with Crippen LogP contribution >= 0.6 is 23.2 Å². The van der Waals surface area contributed by atoms with Crippen molar-refractivity contribution in [2.45, 2.75) is 25.8 Å². The third-order valence-electron chi connectivity index (χ3n) is 2.23. The summed E-state index contributed by atoms with van der Waals surface area (Å²) in [5.74, 6) is 0. The Morgan fingerprint density at radius 2 is 2.13 bits per heavy atom. The van der Waals surface area contributed by atoms with Crippen molar-refractivity contribution in [3.63, 3.8) is 0 Å². The molecular formula is C10H11Cl2NO2. The second kappa shape index (κ2) is 5.33. The van der Waals surface area contributed by atoms with Crippen LogP contribution in [-0.4, -0.2) is 11.0 Å². The maximum absolute atomic E-state index is 10.7. The monoisotopic (exact) mass is 247 g/mol. The molecule has 0 saturated carbocycles. The minimum absolute atomic E-state index is 0.281. The molecule has 5 heteroatoms. The van der Waals surface area contributed by atoms with Crippen LogP contribution in [0.15, 0.2) is 18.2 Å². The van der Waals surface area contributed by atoms with Gasteiger partial charge in [-0.2, -0.15) is 0 Å². The number of benzene rings is 1. The van der Waals surface area contributed by atoms with Crippen molar-refractivity contribution in [3.05, 3.63) is 43.9 Å². The lowest BCUT2D eigenvalue weighted by Crippen LogP contribution is -2.21. The summed E-state index contributed by atoms with van der Waals surface area (Å²) in [4.78, 5) is 10.4. The number of rotatable bonds is 4. The quantitative estimate of drug-likeness (QED) is 0.603. The van der Waals surface area contributed by atoms with Crippen molar-refractivity contribution in [1.82, 2.24) is 0 Å². The standard InChI is InChI=1S/C10H11Cl2NO2/c1-2-9(13(14)15)6-7-5-8(11)3-4-10(7)12/h3-5,9H,2,6H2,1H3. The molecule has 0 amide bonds. The van der Waals surface area contributed by atoms with Gasteiger partial charge in [0, 0.05) is 27.8 Å². The van der Waals surface area contributed by atoms with E-state index in [1.807, 2.05) is 0 Å². The molecule has 1 rings (SSSR count). The lowest BCUT2D eigenvalue weighted by molar-refractivity contribution is -0.522. The summed E-state index contributed by atoms with van der Waals surface area (Å²) in [7, 11) is 0. The van der Waals surface area contributed by atoms with Gasteiger partial charge >= 0.3 is 0 Å². The molecule has 1 atom stereocenters. The molecule has 0 aliphatic heterocycles. The highest BCUT2D eigenvalue weighted by molar-refractivity contribution is 6.33. The van der Waals surface area contributed by atoms with Crippen LogP contribution in [0.2, 0.25) is 10.0 Å². The van der Waals surface area contributed by atoms with E-state index in [1.165, 1.54) is 0 Å². The van der Waals surface area contributed by atoms with E-state index in [-0.39, 0.29) is 4.92 Å². The summed E-state index contributed by atoms with van der Waals surface area (Å²) >= 11 is 11.7. The first-order chi connectivity index (χ1) is 7.04. The highest BCUT2D eigenvalue weighted by Crippen LogP contribution is 2.22. The maximum atomic E-state index is 10.7. The van der Waals surface area contributed by atoms with Crippen molar-refractivity contribution in [2.75, 3.05) is 0 Å². The number of nitro groups is 1. The van der Waals surface area contributed by atoms with Crippen molar-refractivity contribution in [2.24, 2.45) is 0 Å². The van der Waals surface area contributed by atoms with E-state index < -0.39 is 6.04 Å². The normalized spacial score (nSPS) is 12.5. The van der Waals surface area contributed by atoms with E-state index in [0.717, 1.165) is 5.56 Å². The third kappa shape index (κ3) is 3.36. The van der Waals surface area contributed by atoms with Crippen LogP contribution in [0.4, 0.5) is 0 Å². The molecule has 82 valence electrons. The average molecular weight is 248 g/mol. The van der Waals surface area contributed by atoms with E-state index in [0.29, 0.717) is 22.9 Å². The van der Waals surface area contributed by atoms with Crippen molar-refractivity contribution < 1.29 is 4.92 Å². The average Bonchev–Trinajstić information content (AvgIpc) is 2.18. The zero-order valence-electron chi connectivity index (χ0n) is 8.24. The third-order valence-corrected chi connectivity index (χ3v) is 2.84. The zero-order chi connectivity index (χ0) is 11.4. The topological polar surface area (TPSA) is 43.1 Å².